The number of benzene rings is 3. The van der Waals surface area contributed by atoms with Crippen LogP contribution in [0.4, 0.5) is 11.4 Å². The molecular weight excluding hydrogens is 300 g/mol. The van der Waals surface area contributed by atoms with Crippen LogP contribution in [0.2, 0.25) is 0 Å². The van der Waals surface area contributed by atoms with Crippen LogP contribution in [-0.4, -0.2) is 17.6 Å². The largest absolute Gasteiger partial charge is 0.387 e. The molecule has 0 spiro atoms. The van der Waals surface area contributed by atoms with Crippen molar-refractivity contribution >= 4 is 28.1 Å². The molecule has 0 aliphatic rings. The number of hydrogen-bond acceptors (Lipinski definition) is 3. The number of anilines is 2. The number of rotatable bonds is 5. The van der Waals surface area contributed by atoms with E-state index in [0.717, 1.165) is 5.69 Å². The fourth-order valence-electron chi connectivity index (χ4n) is 2.84. The van der Waals surface area contributed by atoms with Crippen LogP contribution >= 0.6 is 0 Å². The highest BCUT2D eigenvalue weighted by atomic mass is 16.3. The minimum Gasteiger partial charge on any atom is -0.387 e. The molecule has 0 radical (unpaired) electrons. The van der Waals surface area contributed by atoms with Crippen LogP contribution < -0.4 is 10.6 Å². The lowest BCUT2D eigenvalue weighted by Crippen LogP contribution is -2.15. The molecule has 0 aromatic heterocycles. The smallest absolute Gasteiger partial charge is 0.250 e. The minimum atomic E-state index is -0.524. The number of fused-ring (bicyclic) bond motifs is 1. The highest BCUT2D eigenvalue weighted by molar-refractivity contribution is 5.92. The summed E-state index contributed by atoms with van der Waals surface area (Å²) in [6.45, 7) is 1.59. The van der Waals surface area contributed by atoms with E-state index in [1.54, 1.807) is 6.07 Å². The second-order valence-electron chi connectivity index (χ2n) is 5.72. The molecule has 1 atom stereocenters. The summed E-state index contributed by atoms with van der Waals surface area (Å²) in [6.07, 6.45) is 0. The Hall–Kier alpha value is -2.85. The first-order valence-corrected chi connectivity index (χ1v) is 7.92. The third-order valence-electron chi connectivity index (χ3n) is 3.96. The van der Waals surface area contributed by atoms with E-state index in [1.165, 1.54) is 16.3 Å². The van der Waals surface area contributed by atoms with Crippen molar-refractivity contribution < 1.29 is 9.90 Å². The summed E-state index contributed by atoms with van der Waals surface area (Å²) in [4.78, 5) is 11.3. The molecule has 1 unspecified atom stereocenters. The number of hydrogen-bond donors (Lipinski definition) is 3. The first-order chi connectivity index (χ1) is 11.7. The molecular formula is C20H20N2O2. The van der Waals surface area contributed by atoms with E-state index >= 15 is 0 Å². The molecule has 0 fully saturated rings. The first kappa shape index (κ1) is 16.0. The molecule has 0 saturated carbocycles. The first-order valence-electron chi connectivity index (χ1n) is 7.92. The molecule has 0 aliphatic heterocycles. The van der Waals surface area contributed by atoms with E-state index < -0.39 is 12.5 Å². The van der Waals surface area contributed by atoms with Gasteiger partial charge in [-0.15, -0.1) is 0 Å². The zero-order chi connectivity index (χ0) is 16.9. The van der Waals surface area contributed by atoms with Gasteiger partial charge in [0, 0.05) is 17.4 Å². The molecule has 0 bridgehead atoms. The van der Waals surface area contributed by atoms with Crippen molar-refractivity contribution in [3.8, 4) is 0 Å². The Balaban J connectivity index is 1.83. The molecule has 3 rings (SSSR count). The topological polar surface area (TPSA) is 61.4 Å². The van der Waals surface area contributed by atoms with Crippen LogP contribution in [-0.2, 0) is 4.79 Å². The van der Waals surface area contributed by atoms with E-state index in [-0.39, 0.29) is 6.04 Å². The number of carbonyl (C=O) groups is 1. The van der Waals surface area contributed by atoms with Crippen LogP contribution in [0.5, 0.6) is 0 Å². The summed E-state index contributed by atoms with van der Waals surface area (Å²) in [7, 11) is 0. The van der Waals surface area contributed by atoms with Crippen molar-refractivity contribution in [3.05, 3.63) is 72.3 Å². The Morgan fingerprint density at radius 2 is 1.71 bits per heavy atom. The third-order valence-corrected chi connectivity index (χ3v) is 3.96. The van der Waals surface area contributed by atoms with E-state index in [4.69, 9.17) is 5.11 Å². The Kier molecular flexibility index (Phi) is 4.77. The maximum atomic E-state index is 11.3. The van der Waals surface area contributed by atoms with Gasteiger partial charge in [-0.05, 0) is 41.5 Å². The number of carbonyl (C=O) groups excluding carboxylic acids is 1. The molecule has 3 aromatic carbocycles. The molecule has 24 heavy (non-hydrogen) atoms. The zero-order valence-electron chi connectivity index (χ0n) is 13.5. The number of aliphatic hydroxyl groups is 1. The average molecular weight is 320 g/mol. The minimum absolute atomic E-state index is 0.111. The Morgan fingerprint density at radius 3 is 2.54 bits per heavy atom. The molecule has 3 N–H and O–H groups in total. The van der Waals surface area contributed by atoms with Gasteiger partial charge >= 0.3 is 0 Å². The summed E-state index contributed by atoms with van der Waals surface area (Å²) in [5.41, 5.74) is 2.79. The second-order valence-corrected chi connectivity index (χ2v) is 5.72. The van der Waals surface area contributed by atoms with Crippen molar-refractivity contribution in [1.29, 1.82) is 0 Å². The van der Waals surface area contributed by atoms with Gasteiger partial charge < -0.3 is 15.7 Å². The van der Waals surface area contributed by atoms with Crippen LogP contribution in [0.3, 0.4) is 0 Å². The summed E-state index contributed by atoms with van der Waals surface area (Å²) in [5, 5.41) is 17.4. The van der Waals surface area contributed by atoms with Crippen LogP contribution in [0.1, 0.15) is 18.5 Å². The lowest BCUT2D eigenvalue weighted by Gasteiger charge is -2.18. The molecule has 1 amide bonds. The lowest BCUT2D eigenvalue weighted by atomic mass is 9.99. The van der Waals surface area contributed by atoms with E-state index in [9.17, 15) is 4.79 Å². The summed E-state index contributed by atoms with van der Waals surface area (Å²) >= 11 is 0. The van der Waals surface area contributed by atoms with Crippen molar-refractivity contribution in [3.63, 3.8) is 0 Å². The molecule has 4 heteroatoms. The Morgan fingerprint density at radius 1 is 1.00 bits per heavy atom. The average Bonchev–Trinajstić information content (AvgIpc) is 2.61. The highest BCUT2D eigenvalue weighted by Gasteiger charge is 2.09. The standard InChI is InChI=1S/C20H20N2O2/c1-14(18-11-4-7-15-6-2-3-10-19(15)18)21-16-8-5-9-17(12-16)22-20(24)13-23/h2-12,14,21,23H,13H2,1H3,(H,22,24). The molecule has 122 valence electrons. The van der Waals surface area contributed by atoms with Crippen molar-refractivity contribution in [2.75, 3.05) is 17.2 Å². The quantitative estimate of drug-likeness (QED) is 0.667. The van der Waals surface area contributed by atoms with E-state index in [0.29, 0.717) is 5.69 Å². The van der Waals surface area contributed by atoms with Crippen LogP contribution in [0.15, 0.2) is 66.7 Å². The lowest BCUT2D eigenvalue weighted by molar-refractivity contribution is -0.118. The molecule has 0 aliphatic carbocycles. The Labute approximate surface area is 141 Å². The van der Waals surface area contributed by atoms with Gasteiger partial charge in [-0.2, -0.15) is 0 Å². The molecule has 3 aromatic rings. The van der Waals surface area contributed by atoms with Crippen molar-refractivity contribution in [2.45, 2.75) is 13.0 Å². The zero-order valence-corrected chi connectivity index (χ0v) is 13.5. The van der Waals surface area contributed by atoms with Gasteiger partial charge in [-0.25, -0.2) is 0 Å². The van der Waals surface area contributed by atoms with Gasteiger partial charge in [0.2, 0.25) is 5.91 Å². The van der Waals surface area contributed by atoms with E-state index in [1.807, 2.05) is 30.3 Å². The van der Waals surface area contributed by atoms with E-state index in [2.05, 4.69) is 47.9 Å². The summed E-state index contributed by atoms with van der Waals surface area (Å²) in [6, 6.07) is 22.2. The maximum Gasteiger partial charge on any atom is 0.250 e. The summed E-state index contributed by atoms with van der Waals surface area (Å²) in [5.74, 6) is -0.422. The van der Waals surface area contributed by atoms with Gasteiger partial charge in [0.15, 0.2) is 0 Å². The SMILES string of the molecule is CC(Nc1cccc(NC(=O)CO)c1)c1cccc2ccccc12. The van der Waals surface area contributed by atoms with Gasteiger partial charge in [0.05, 0.1) is 0 Å². The second kappa shape index (κ2) is 7.15. The Bertz CT molecular complexity index is 856. The fraction of sp³-hybridized carbons (Fsp3) is 0.150. The van der Waals surface area contributed by atoms with Gasteiger partial charge in [-0.1, -0.05) is 48.5 Å². The van der Waals surface area contributed by atoms with Gasteiger partial charge in [0.25, 0.3) is 0 Å². The predicted molar refractivity (Wildman–Crippen MR) is 98.1 cm³/mol. The highest BCUT2D eigenvalue weighted by Crippen LogP contribution is 2.27. The molecule has 0 heterocycles. The third kappa shape index (κ3) is 3.55. The molecule has 4 nitrogen and oxygen atoms in total. The number of aliphatic hydroxyl groups excluding tert-OH is 1. The molecule has 0 saturated heterocycles. The fourth-order valence-corrected chi connectivity index (χ4v) is 2.84. The van der Waals surface area contributed by atoms with Crippen LogP contribution in [0, 0.1) is 0 Å². The maximum absolute atomic E-state index is 11.3. The predicted octanol–water partition coefficient (Wildman–Crippen LogP) is 3.94. The number of nitrogens with one attached hydrogen (secondary N) is 2. The monoisotopic (exact) mass is 320 g/mol. The van der Waals surface area contributed by atoms with Crippen molar-refractivity contribution in [2.24, 2.45) is 0 Å². The summed E-state index contributed by atoms with van der Waals surface area (Å²) < 4.78 is 0. The van der Waals surface area contributed by atoms with Crippen LogP contribution in [0.25, 0.3) is 10.8 Å². The van der Waals surface area contributed by atoms with Crippen molar-refractivity contribution in [1.82, 2.24) is 0 Å². The normalized spacial score (nSPS) is 11.9. The number of amides is 1. The van der Waals surface area contributed by atoms with Gasteiger partial charge in [0.1, 0.15) is 6.61 Å². The van der Waals surface area contributed by atoms with Gasteiger partial charge in [-0.3, -0.25) is 4.79 Å².